The van der Waals surface area contributed by atoms with Crippen molar-refractivity contribution in [3.05, 3.63) is 23.4 Å². The van der Waals surface area contributed by atoms with E-state index in [0.717, 1.165) is 0 Å². The van der Waals surface area contributed by atoms with E-state index in [0.29, 0.717) is 10.8 Å². The zero-order valence-electron chi connectivity index (χ0n) is 4.50. The van der Waals surface area contributed by atoms with E-state index in [9.17, 15) is 0 Å². The normalized spacial score (nSPS) is 9.11. The van der Waals surface area contributed by atoms with Crippen LogP contribution < -0.4 is 4.72 Å². The van der Waals surface area contributed by atoms with Gasteiger partial charge in [0, 0.05) is 6.20 Å². The second-order valence-electron chi connectivity index (χ2n) is 1.45. The molecular formula is C5H5ClN2S. The first-order valence-corrected chi connectivity index (χ1v) is 3.17. The molecule has 4 heteroatoms. The molecule has 0 aliphatic heterocycles. The molecule has 0 unspecified atom stereocenters. The lowest BCUT2D eigenvalue weighted by atomic mass is 10.5. The zero-order valence-corrected chi connectivity index (χ0v) is 6.15. The van der Waals surface area contributed by atoms with E-state index in [2.05, 4.69) is 22.5 Å². The predicted molar refractivity (Wildman–Crippen MR) is 41.9 cm³/mol. The van der Waals surface area contributed by atoms with Gasteiger partial charge in [0.2, 0.25) is 0 Å². The molecule has 1 N–H and O–H groups in total. The Labute approximate surface area is 63.8 Å². The lowest BCUT2D eigenvalue weighted by molar-refractivity contribution is 1.34. The Bertz CT molecular complexity index is 204. The number of halogens is 1. The van der Waals surface area contributed by atoms with Crippen molar-refractivity contribution in [2.45, 2.75) is 0 Å². The molecule has 9 heavy (non-hydrogen) atoms. The molecule has 1 rings (SSSR count). The van der Waals surface area contributed by atoms with Crippen LogP contribution in [0.15, 0.2) is 18.3 Å². The molecule has 0 bridgehead atoms. The van der Waals surface area contributed by atoms with Crippen LogP contribution in [0.2, 0.25) is 5.02 Å². The Morgan fingerprint density at radius 2 is 2.44 bits per heavy atom. The Morgan fingerprint density at radius 3 is 2.89 bits per heavy atom. The van der Waals surface area contributed by atoms with Gasteiger partial charge in [0.1, 0.15) is 0 Å². The van der Waals surface area contributed by atoms with Crippen molar-refractivity contribution < 1.29 is 0 Å². The molecule has 0 fully saturated rings. The van der Waals surface area contributed by atoms with Crippen LogP contribution >= 0.6 is 24.4 Å². The van der Waals surface area contributed by atoms with E-state index in [4.69, 9.17) is 11.6 Å². The molecule has 1 aromatic heterocycles. The van der Waals surface area contributed by atoms with E-state index >= 15 is 0 Å². The van der Waals surface area contributed by atoms with Gasteiger partial charge in [-0.3, -0.25) is 0 Å². The van der Waals surface area contributed by atoms with Gasteiger partial charge in [-0.15, -0.1) is 0 Å². The van der Waals surface area contributed by atoms with Gasteiger partial charge in [0.25, 0.3) is 0 Å². The molecule has 0 saturated carbocycles. The third-order valence-corrected chi connectivity index (χ3v) is 1.38. The summed E-state index contributed by atoms with van der Waals surface area (Å²) >= 11 is 9.43. The van der Waals surface area contributed by atoms with Gasteiger partial charge >= 0.3 is 0 Å². The Balaban J connectivity index is 3.01. The van der Waals surface area contributed by atoms with Crippen LogP contribution in [0.3, 0.4) is 0 Å². The van der Waals surface area contributed by atoms with Crippen molar-refractivity contribution >= 4 is 30.2 Å². The second kappa shape index (κ2) is 2.94. The maximum absolute atomic E-state index is 5.65. The Morgan fingerprint density at radius 1 is 1.67 bits per heavy atom. The van der Waals surface area contributed by atoms with Gasteiger partial charge in [0.05, 0.1) is 5.02 Å². The summed E-state index contributed by atoms with van der Waals surface area (Å²) in [5.74, 6) is 0.586. The molecule has 0 spiro atoms. The number of anilines is 1. The van der Waals surface area contributed by atoms with Gasteiger partial charge in [-0.1, -0.05) is 24.4 Å². The first-order valence-electron chi connectivity index (χ1n) is 2.35. The molecule has 0 atom stereocenters. The van der Waals surface area contributed by atoms with Crippen molar-refractivity contribution in [3.63, 3.8) is 0 Å². The average Bonchev–Trinajstić information content (AvgIpc) is 1.89. The Kier molecular flexibility index (Phi) is 2.19. The minimum absolute atomic E-state index is 0.576. The van der Waals surface area contributed by atoms with Crippen LogP contribution in [0.25, 0.3) is 0 Å². The summed E-state index contributed by atoms with van der Waals surface area (Å²) in [5, 5.41) is 0.576. The van der Waals surface area contributed by atoms with Crippen LogP contribution in [-0.4, -0.2) is 4.98 Å². The number of pyridine rings is 1. The summed E-state index contributed by atoms with van der Waals surface area (Å²) in [6.07, 6.45) is 1.64. The number of thiol groups is 1. The van der Waals surface area contributed by atoms with Crippen molar-refractivity contribution in [1.82, 2.24) is 4.98 Å². The highest BCUT2D eigenvalue weighted by Gasteiger charge is 1.93. The number of nitrogens with one attached hydrogen (secondary N) is 1. The van der Waals surface area contributed by atoms with Crippen LogP contribution in [0.4, 0.5) is 5.82 Å². The third-order valence-electron chi connectivity index (χ3n) is 0.864. The predicted octanol–water partition coefficient (Wildman–Crippen LogP) is 1.99. The summed E-state index contributed by atoms with van der Waals surface area (Å²) in [7, 11) is 0. The number of rotatable bonds is 1. The van der Waals surface area contributed by atoms with Crippen LogP contribution in [-0.2, 0) is 0 Å². The summed E-state index contributed by atoms with van der Waals surface area (Å²) < 4.78 is 2.55. The van der Waals surface area contributed by atoms with Crippen molar-refractivity contribution in [3.8, 4) is 0 Å². The molecule has 1 heterocycles. The van der Waals surface area contributed by atoms with Gasteiger partial charge in [0.15, 0.2) is 5.82 Å². The van der Waals surface area contributed by atoms with Gasteiger partial charge in [-0.2, -0.15) is 0 Å². The minimum atomic E-state index is 0.576. The first-order chi connectivity index (χ1) is 4.34. The Hall–Kier alpha value is -0.410. The quantitative estimate of drug-likeness (QED) is 0.615. The fourth-order valence-electron chi connectivity index (χ4n) is 0.468. The monoisotopic (exact) mass is 160 g/mol. The van der Waals surface area contributed by atoms with Crippen molar-refractivity contribution in [1.29, 1.82) is 0 Å². The summed E-state index contributed by atoms with van der Waals surface area (Å²) in [5.41, 5.74) is 0. The fraction of sp³-hybridized carbons (Fsp3) is 0. The minimum Gasteiger partial charge on any atom is -0.316 e. The lowest BCUT2D eigenvalue weighted by Gasteiger charge is -1.96. The van der Waals surface area contributed by atoms with Gasteiger partial charge < -0.3 is 4.72 Å². The zero-order chi connectivity index (χ0) is 6.69. The SMILES string of the molecule is SNc1ncccc1Cl. The molecule has 0 radical (unpaired) electrons. The summed E-state index contributed by atoms with van der Waals surface area (Å²) in [6.45, 7) is 0. The number of hydrogen-bond acceptors (Lipinski definition) is 3. The van der Waals surface area contributed by atoms with Crippen molar-refractivity contribution in [2.24, 2.45) is 0 Å². The van der Waals surface area contributed by atoms with E-state index in [-0.39, 0.29) is 0 Å². The number of nitrogens with zero attached hydrogens (tertiary/aromatic N) is 1. The molecule has 0 amide bonds. The largest absolute Gasteiger partial charge is 0.316 e. The molecule has 2 nitrogen and oxygen atoms in total. The standard InChI is InChI=1S/C5H5ClN2S/c6-4-2-1-3-7-5(4)8-9/h1-3,9H,(H,7,8). The fourth-order valence-corrected chi connectivity index (χ4v) is 0.881. The number of hydrogen-bond donors (Lipinski definition) is 2. The van der Waals surface area contributed by atoms with Gasteiger partial charge in [-0.25, -0.2) is 4.98 Å². The highest BCUT2D eigenvalue weighted by atomic mass is 35.5. The molecule has 48 valence electrons. The summed E-state index contributed by atoms with van der Waals surface area (Å²) in [6, 6.07) is 3.50. The molecule has 0 saturated heterocycles. The molecule has 0 aliphatic carbocycles. The van der Waals surface area contributed by atoms with Crippen LogP contribution in [0, 0.1) is 0 Å². The highest BCUT2D eigenvalue weighted by Crippen LogP contribution is 2.17. The average molecular weight is 161 g/mol. The maximum atomic E-state index is 5.65. The van der Waals surface area contributed by atoms with Crippen LogP contribution in [0.1, 0.15) is 0 Å². The van der Waals surface area contributed by atoms with Crippen molar-refractivity contribution in [2.75, 3.05) is 4.72 Å². The smallest absolute Gasteiger partial charge is 0.154 e. The van der Waals surface area contributed by atoms with E-state index in [1.165, 1.54) is 0 Å². The van der Waals surface area contributed by atoms with Gasteiger partial charge in [-0.05, 0) is 12.1 Å². The van der Waals surface area contributed by atoms with E-state index < -0.39 is 0 Å². The highest BCUT2D eigenvalue weighted by molar-refractivity contribution is 7.81. The topological polar surface area (TPSA) is 24.9 Å². The van der Waals surface area contributed by atoms with E-state index in [1.807, 2.05) is 0 Å². The maximum Gasteiger partial charge on any atom is 0.154 e. The van der Waals surface area contributed by atoms with E-state index in [1.54, 1.807) is 18.3 Å². The molecule has 0 aromatic carbocycles. The number of aromatic nitrogens is 1. The third kappa shape index (κ3) is 1.50. The van der Waals surface area contributed by atoms with Crippen LogP contribution in [0.5, 0.6) is 0 Å². The molecule has 0 aliphatic rings. The molecular weight excluding hydrogens is 156 g/mol. The lowest BCUT2D eigenvalue weighted by Crippen LogP contribution is -1.84. The second-order valence-corrected chi connectivity index (χ2v) is 2.08. The molecule has 1 aromatic rings. The first kappa shape index (κ1) is 6.71. The summed E-state index contributed by atoms with van der Waals surface area (Å²) in [4.78, 5) is 3.88.